The number of rotatable bonds is 10. The van der Waals surface area contributed by atoms with E-state index in [1.165, 1.54) is 67.3 Å². The van der Waals surface area contributed by atoms with Gasteiger partial charge in [0, 0.05) is 25.3 Å². The Balaban J connectivity index is 1.52. The van der Waals surface area contributed by atoms with Crippen LogP contribution in [0, 0.1) is 5.92 Å². The number of carboxylic acid groups (broad SMARTS) is 1. The molecule has 2 heterocycles. The summed E-state index contributed by atoms with van der Waals surface area (Å²) in [5.74, 6) is -0.272. The van der Waals surface area contributed by atoms with Crippen molar-refractivity contribution in [1.29, 1.82) is 0 Å². The summed E-state index contributed by atoms with van der Waals surface area (Å²) in [6.45, 7) is 4.60. The van der Waals surface area contributed by atoms with E-state index in [0.717, 1.165) is 24.6 Å². The number of piperidine rings is 1. The van der Waals surface area contributed by atoms with Crippen molar-refractivity contribution < 1.29 is 14.7 Å². The van der Waals surface area contributed by atoms with E-state index >= 15 is 0 Å². The molecule has 0 atom stereocenters. The third kappa shape index (κ3) is 6.81. The second-order valence-electron chi connectivity index (χ2n) is 8.35. The van der Waals surface area contributed by atoms with Crippen LogP contribution in [0.5, 0.6) is 0 Å². The number of carboxylic acids is 1. The highest BCUT2D eigenvalue weighted by atomic mass is 32.2. The molecule has 168 valence electrons. The van der Waals surface area contributed by atoms with Gasteiger partial charge in [-0.1, -0.05) is 75.1 Å². The molecule has 1 aromatic rings. The average molecular weight is 461 g/mol. The van der Waals surface area contributed by atoms with Gasteiger partial charge in [0.05, 0.1) is 11.3 Å². The molecule has 3 rings (SSSR count). The highest BCUT2D eigenvalue weighted by Crippen LogP contribution is 2.33. The van der Waals surface area contributed by atoms with Gasteiger partial charge < -0.3 is 10.0 Å². The number of nitrogens with zero attached hydrogens (tertiary/aromatic N) is 2. The minimum Gasteiger partial charge on any atom is -0.481 e. The first-order valence-corrected chi connectivity index (χ1v) is 12.5. The first-order valence-electron chi connectivity index (χ1n) is 11.3. The van der Waals surface area contributed by atoms with Crippen LogP contribution in [0.1, 0.15) is 63.9 Å². The van der Waals surface area contributed by atoms with E-state index in [4.69, 9.17) is 17.3 Å². The zero-order chi connectivity index (χ0) is 22.2. The quantitative estimate of drug-likeness (QED) is 0.281. The van der Waals surface area contributed by atoms with Crippen molar-refractivity contribution in [1.82, 2.24) is 4.90 Å². The Morgan fingerprint density at radius 3 is 2.55 bits per heavy atom. The maximum absolute atomic E-state index is 12.5. The van der Waals surface area contributed by atoms with Crippen molar-refractivity contribution in [2.75, 3.05) is 24.5 Å². The standard InChI is InChI=1S/C24H32N2O3S2/c1-2-3-4-5-6-18-11-14-25(15-12-18)20-9-7-19(8-10-20)17-21-23(29)26(24(30)31-21)16-13-22(27)28/h7-10,17-18H,2-6,11-16H2,1H3,(H,27,28). The SMILES string of the molecule is CCCCCCC1CCN(c2ccc(C=C3SC(=S)N(CCC(=O)O)C3=O)cc2)CC1. The van der Waals surface area contributed by atoms with Crippen molar-refractivity contribution in [2.45, 2.75) is 58.3 Å². The summed E-state index contributed by atoms with van der Waals surface area (Å²) >= 11 is 6.48. The zero-order valence-corrected chi connectivity index (χ0v) is 19.8. The van der Waals surface area contributed by atoms with E-state index in [2.05, 4.69) is 24.0 Å². The molecule has 0 bridgehead atoms. The Labute approximate surface area is 194 Å². The Morgan fingerprint density at radius 2 is 1.90 bits per heavy atom. The largest absolute Gasteiger partial charge is 0.481 e. The molecule has 0 saturated carbocycles. The Morgan fingerprint density at radius 1 is 1.19 bits per heavy atom. The normalized spacial score (nSPS) is 18.9. The molecule has 1 aromatic carbocycles. The van der Waals surface area contributed by atoms with Crippen LogP contribution in [0.15, 0.2) is 29.2 Å². The van der Waals surface area contributed by atoms with Crippen molar-refractivity contribution in [2.24, 2.45) is 5.92 Å². The van der Waals surface area contributed by atoms with Crippen LogP contribution in [0.4, 0.5) is 5.69 Å². The fourth-order valence-electron chi connectivity index (χ4n) is 4.17. The number of thiocarbonyl (C=S) groups is 1. The summed E-state index contributed by atoms with van der Waals surface area (Å²) in [5.41, 5.74) is 2.18. The third-order valence-electron chi connectivity index (χ3n) is 6.06. The molecule has 2 fully saturated rings. The Hall–Kier alpha value is -1.86. The number of hydrogen-bond donors (Lipinski definition) is 1. The van der Waals surface area contributed by atoms with Gasteiger partial charge in [-0.05, 0) is 42.5 Å². The number of carbonyl (C=O) groups excluding carboxylic acids is 1. The fraction of sp³-hybridized carbons (Fsp3) is 0.542. The first-order chi connectivity index (χ1) is 15.0. The molecule has 0 spiro atoms. The molecule has 5 nitrogen and oxygen atoms in total. The number of thioether (sulfide) groups is 1. The highest BCUT2D eigenvalue weighted by molar-refractivity contribution is 8.26. The first kappa shape index (κ1) is 23.8. The lowest BCUT2D eigenvalue weighted by Gasteiger charge is -2.33. The van der Waals surface area contributed by atoms with Gasteiger partial charge in [-0.15, -0.1) is 0 Å². The lowest BCUT2D eigenvalue weighted by atomic mass is 9.91. The molecule has 0 aliphatic carbocycles. The van der Waals surface area contributed by atoms with Gasteiger partial charge in [0.15, 0.2) is 0 Å². The summed E-state index contributed by atoms with van der Waals surface area (Å²) in [6, 6.07) is 8.32. The van der Waals surface area contributed by atoms with E-state index in [0.29, 0.717) is 9.23 Å². The van der Waals surface area contributed by atoms with Crippen LogP contribution in [0.25, 0.3) is 6.08 Å². The average Bonchev–Trinajstić information content (AvgIpc) is 3.03. The van der Waals surface area contributed by atoms with Crippen molar-refractivity contribution in [3.8, 4) is 0 Å². The van der Waals surface area contributed by atoms with Crippen LogP contribution in [0.3, 0.4) is 0 Å². The molecular weight excluding hydrogens is 428 g/mol. The van der Waals surface area contributed by atoms with E-state index in [9.17, 15) is 9.59 Å². The Kier molecular flexibility index (Phi) is 8.96. The summed E-state index contributed by atoms with van der Waals surface area (Å²) < 4.78 is 0.423. The monoisotopic (exact) mass is 460 g/mol. The van der Waals surface area contributed by atoms with Crippen LogP contribution in [-0.4, -0.2) is 45.8 Å². The molecule has 1 amide bonds. The van der Waals surface area contributed by atoms with Gasteiger partial charge in [-0.3, -0.25) is 14.5 Å². The summed E-state index contributed by atoms with van der Waals surface area (Å²) in [5, 5.41) is 8.85. The smallest absolute Gasteiger partial charge is 0.305 e. The molecule has 1 N–H and O–H groups in total. The number of aliphatic carboxylic acids is 1. The Bertz CT molecular complexity index is 815. The van der Waals surface area contributed by atoms with Crippen molar-refractivity contribution >= 4 is 51.9 Å². The number of anilines is 1. The lowest BCUT2D eigenvalue weighted by molar-refractivity contribution is -0.137. The topological polar surface area (TPSA) is 60.9 Å². The summed E-state index contributed by atoms with van der Waals surface area (Å²) in [6.07, 6.45) is 11.0. The predicted octanol–water partition coefficient (Wildman–Crippen LogP) is 5.55. The third-order valence-corrected chi connectivity index (χ3v) is 7.44. The predicted molar refractivity (Wildman–Crippen MR) is 132 cm³/mol. The minimum atomic E-state index is -0.936. The number of hydrogen-bond acceptors (Lipinski definition) is 5. The van der Waals surface area contributed by atoms with E-state index in [1.807, 2.05) is 18.2 Å². The van der Waals surface area contributed by atoms with Gasteiger partial charge in [0.25, 0.3) is 5.91 Å². The summed E-state index contributed by atoms with van der Waals surface area (Å²) in [7, 11) is 0. The fourth-order valence-corrected chi connectivity index (χ4v) is 5.48. The summed E-state index contributed by atoms with van der Waals surface area (Å²) in [4.78, 5) is 27.7. The lowest BCUT2D eigenvalue weighted by Crippen LogP contribution is -2.33. The highest BCUT2D eigenvalue weighted by Gasteiger charge is 2.32. The van der Waals surface area contributed by atoms with Gasteiger partial charge in [0.1, 0.15) is 4.32 Å². The molecule has 2 saturated heterocycles. The molecule has 31 heavy (non-hydrogen) atoms. The molecule has 0 unspecified atom stereocenters. The molecule has 0 aromatic heterocycles. The molecule has 2 aliphatic rings. The van der Waals surface area contributed by atoms with Gasteiger partial charge in [0.2, 0.25) is 0 Å². The van der Waals surface area contributed by atoms with Crippen molar-refractivity contribution in [3.63, 3.8) is 0 Å². The van der Waals surface area contributed by atoms with Gasteiger partial charge in [-0.25, -0.2) is 0 Å². The maximum Gasteiger partial charge on any atom is 0.305 e. The van der Waals surface area contributed by atoms with Gasteiger partial charge >= 0.3 is 5.97 Å². The number of unbranched alkanes of at least 4 members (excludes halogenated alkanes) is 3. The molecule has 0 radical (unpaired) electrons. The van der Waals surface area contributed by atoms with E-state index in [1.54, 1.807) is 0 Å². The molecule has 7 heteroatoms. The number of carbonyl (C=O) groups is 2. The van der Waals surface area contributed by atoms with Crippen LogP contribution < -0.4 is 4.90 Å². The maximum atomic E-state index is 12.5. The zero-order valence-electron chi connectivity index (χ0n) is 18.2. The molecular formula is C24H32N2O3S2. The van der Waals surface area contributed by atoms with Crippen LogP contribution >= 0.6 is 24.0 Å². The van der Waals surface area contributed by atoms with Crippen LogP contribution in [0.2, 0.25) is 0 Å². The second kappa shape index (κ2) is 11.7. The molecule has 2 aliphatic heterocycles. The van der Waals surface area contributed by atoms with Crippen molar-refractivity contribution in [3.05, 3.63) is 34.7 Å². The number of benzene rings is 1. The number of amides is 1. The van der Waals surface area contributed by atoms with E-state index < -0.39 is 5.97 Å². The van der Waals surface area contributed by atoms with Gasteiger partial charge in [-0.2, -0.15) is 0 Å². The minimum absolute atomic E-state index is 0.107. The van der Waals surface area contributed by atoms with Crippen LogP contribution in [-0.2, 0) is 9.59 Å². The van der Waals surface area contributed by atoms with E-state index in [-0.39, 0.29) is 18.9 Å². The second-order valence-corrected chi connectivity index (χ2v) is 10.0.